The molecule has 1 N–H and O–H groups in total. The molecule has 34 heavy (non-hydrogen) atoms. The maximum absolute atomic E-state index is 13.5. The molecule has 9 heteroatoms. The van der Waals surface area contributed by atoms with E-state index in [1.165, 1.54) is 29.6 Å². The molecule has 8 nitrogen and oxygen atoms in total. The van der Waals surface area contributed by atoms with E-state index in [1.54, 1.807) is 48.5 Å². The fourth-order valence-electron chi connectivity index (χ4n) is 3.66. The zero-order chi connectivity index (χ0) is 24.5. The van der Waals surface area contributed by atoms with Gasteiger partial charge in [0, 0.05) is 0 Å². The number of nitrogens with zero attached hydrogens (tertiary/aromatic N) is 1. The smallest absolute Gasteiger partial charge is 0.339 e. The van der Waals surface area contributed by atoms with Crippen LogP contribution in [0.3, 0.4) is 0 Å². The van der Waals surface area contributed by atoms with Gasteiger partial charge in [0.05, 0.1) is 35.5 Å². The minimum atomic E-state index is -3.97. The molecule has 3 aromatic rings. The number of esters is 1. The zero-order valence-corrected chi connectivity index (χ0v) is 19.8. The van der Waals surface area contributed by atoms with Crippen LogP contribution < -0.4 is 14.4 Å². The molecule has 1 unspecified atom stereocenters. The van der Waals surface area contributed by atoms with Crippen LogP contribution in [0, 0.1) is 13.8 Å². The predicted octanol–water partition coefficient (Wildman–Crippen LogP) is 3.69. The molecule has 0 saturated heterocycles. The van der Waals surface area contributed by atoms with Crippen molar-refractivity contribution in [2.24, 2.45) is 0 Å². The van der Waals surface area contributed by atoms with Gasteiger partial charge in [0.25, 0.3) is 15.9 Å². The molecule has 0 radical (unpaired) electrons. The van der Waals surface area contributed by atoms with Gasteiger partial charge in [0.15, 0.2) is 6.10 Å². The predicted molar refractivity (Wildman–Crippen MR) is 128 cm³/mol. The molecule has 0 bridgehead atoms. The summed E-state index contributed by atoms with van der Waals surface area (Å²) in [5.41, 5.74) is 2.55. The Morgan fingerprint density at radius 1 is 1.00 bits per heavy atom. The lowest BCUT2D eigenvalue weighted by molar-refractivity contribution is -0.122. The number of hydrogen-bond acceptors (Lipinski definition) is 6. The van der Waals surface area contributed by atoms with E-state index in [-0.39, 0.29) is 28.4 Å². The van der Waals surface area contributed by atoms with Gasteiger partial charge in [-0.2, -0.15) is 0 Å². The van der Waals surface area contributed by atoms with Gasteiger partial charge < -0.3 is 14.8 Å². The molecular formula is C25H24N2O6S. The van der Waals surface area contributed by atoms with Gasteiger partial charge >= 0.3 is 5.97 Å². The van der Waals surface area contributed by atoms with Crippen molar-refractivity contribution < 1.29 is 27.5 Å². The number of benzene rings is 3. The summed E-state index contributed by atoms with van der Waals surface area (Å²) in [7, 11) is -2.72. The largest absolute Gasteiger partial charge is 0.476 e. The number of para-hydroxylation sites is 1. The first-order valence-electron chi connectivity index (χ1n) is 10.6. The van der Waals surface area contributed by atoms with Crippen molar-refractivity contribution in [3.63, 3.8) is 0 Å². The second kappa shape index (κ2) is 9.18. The monoisotopic (exact) mass is 480 g/mol. The molecule has 1 aliphatic rings. The van der Waals surface area contributed by atoms with Crippen LogP contribution in [-0.4, -0.2) is 40.1 Å². The normalized spacial score (nSPS) is 15.1. The summed E-state index contributed by atoms with van der Waals surface area (Å²) in [6.07, 6.45) is -1.15. The van der Waals surface area contributed by atoms with Crippen molar-refractivity contribution in [2.45, 2.75) is 24.8 Å². The first kappa shape index (κ1) is 23.3. The summed E-state index contributed by atoms with van der Waals surface area (Å²) in [5.74, 6) is -0.916. The minimum absolute atomic E-state index is 0.113. The molecule has 0 saturated carbocycles. The number of amides is 1. The van der Waals surface area contributed by atoms with Gasteiger partial charge in [0.1, 0.15) is 5.75 Å². The second-order valence-corrected chi connectivity index (χ2v) is 9.82. The topological polar surface area (TPSA) is 102 Å². The molecule has 0 fully saturated rings. The maximum Gasteiger partial charge on any atom is 0.339 e. The first-order chi connectivity index (χ1) is 16.2. The van der Waals surface area contributed by atoms with Crippen LogP contribution in [-0.2, 0) is 19.6 Å². The summed E-state index contributed by atoms with van der Waals surface area (Å²) in [6, 6.07) is 18.0. The van der Waals surface area contributed by atoms with Crippen LogP contribution in [0.1, 0.15) is 21.5 Å². The highest BCUT2D eigenvalue weighted by Crippen LogP contribution is 2.38. The average molecular weight is 481 g/mol. The molecule has 1 amide bonds. The molecule has 0 spiro atoms. The van der Waals surface area contributed by atoms with Crippen molar-refractivity contribution in [1.29, 1.82) is 0 Å². The van der Waals surface area contributed by atoms with Crippen LogP contribution >= 0.6 is 0 Å². The van der Waals surface area contributed by atoms with E-state index in [0.717, 1.165) is 11.1 Å². The number of ether oxygens (including phenoxy) is 2. The number of sulfonamides is 1. The minimum Gasteiger partial charge on any atom is -0.476 e. The molecule has 0 aliphatic carbocycles. The summed E-state index contributed by atoms with van der Waals surface area (Å²) < 4.78 is 38.9. The molecule has 1 aliphatic heterocycles. The van der Waals surface area contributed by atoms with Crippen molar-refractivity contribution >= 4 is 33.3 Å². The number of carbonyl (C=O) groups excluding carboxylic acids is 2. The Balaban J connectivity index is 1.69. The third kappa shape index (κ3) is 4.47. The Labute approximate surface area is 198 Å². The highest BCUT2D eigenvalue weighted by molar-refractivity contribution is 7.92. The third-order valence-corrected chi connectivity index (χ3v) is 7.27. The highest BCUT2D eigenvalue weighted by atomic mass is 32.2. The number of hydrogen-bond donors (Lipinski definition) is 1. The lowest BCUT2D eigenvalue weighted by Crippen LogP contribution is -2.49. The van der Waals surface area contributed by atoms with Gasteiger partial charge in [-0.1, -0.05) is 35.9 Å². The van der Waals surface area contributed by atoms with Crippen LogP contribution in [0.25, 0.3) is 0 Å². The van der Waals surface area contributed by atoms with Crippen LogP contribution in [0.15, 0.2) is 71.6 Å². The summed E-state index contributed by atoms with van der Waals surface area (Å²) in [6.45, 7) is 3.48. The van der Waals surface area contributed by atoms with E-state index in [9.17, 15) is 18.0 Å². The first-order valence-corrected chi connectivity index (χ1v) is 12.0. The Hall–Kier alpha value is -3.85. The average Bonchev–Trinajstić information content (AvgIpc) is 2.83. The molecule has 4 rings (SSSR count). The molecular weight excluding hydrogens is 456 g/mol. The number of rotatable bonds is 5. The number of aryl methyl sites for hydroxylation is 2. The van der Waals surface area contributed by atoms with Crippen LogP contribution in [0.4, 0.5) is 11.4 Å². The molecule has 3 aromatic carbocycles. The Morgan fingerprint density at radius 2 is 1.68 bits per heavy atom. The van der Waals surface area contributed by atoms with Gasteiger partial charge in [-0.05, 0) is 55.8 Å². The number of fused-ring (bicyclic) bond motifs is 1. The third-order valence-electron chi connectivity index (χ3n) is 5.48. The van der Waals surface area contributed by atoms with Crippen LogP contribution in [0.5, 0.6) is 5.75 Å². The van der Waals surface area contributed by atoms with E-state index in [0.29, 0.717) is 5.69 Å². The van der Waals surface area contributed by atoms with Crippen molar-refractivity contribution in [3.05, 3.63) is 83.4 Å². The highest BCUT2D eigenvalue weighted by Gasteiger charge is 2.38. The van der Waals surface area contributed by atoms with Gasteiger partial charge in [0.2, 0.25) is 0 Å². The van der Waals surface area contributed by atoms with Gasteiger partial charge in [-0.15, -0.1) is 0 Å². The number of carbonyl (C=O) groups is 2. The Bertz CT molecular complexity index is 1350. The number of anilines is 2. The molecule has 1 heterocycles. The lowest BCUT2D eigenvalue weighted by Gasteiger charge is -2.35. The molecule has 176 valence electrons. The molecule has 0 aromatic heterocycles. The van der Waals surface area contributed by atoms with Crippen molar-refractivity contribution in [1.82, 2.24) is 0 Å². The summed E-state index contributed by atoms with van der Waals surface area (Å²) in [5, 5.41) is 2.67. The van der Waals surface area contributed by atoms with E-state index < -0.39 is 28.0 Å². The maximum atomic E-state index is 13.5. The van der Waals surface area contributed by atoms with Gasteiger partial charge in [-0.3, -0.25) is 9.10 Å². The summed E-state index contributed by atoms with van der Waals surface area (Å²) in [4.78, 5) is 25.3. The number of methoxy groups -OCH3 is 1. The molecule has 1 atom stereocenters. The SMILES string of the molecule is COC(=O)c1ccccc1NC(=O)C1CN(S(=O)(=O)c2ccc(C)cc2)c2ccc(C)cc2O1. The van der Waals surface area contributed by atoms with Gasteiger partial charge in [-0.25, -0.2) is 13.2 Å². The second-order valence-electron chi connectivity index (χ2n) is 7.95. The standard InChI is InChI=1S/C25H24N2O6S/c1-16-8-11-18(12-9-16)34(30,31)27-15-23(33-22-14-17(2)10-13-21(22)27)24(28)26-20-7-5-4-6-19(20)25(29)32-3/h4-14,23H,15H2,1-3H3,(H,26,28). The van der Waals surface area contributed by atoms with E-state index >= 15 is 0 Å². The van der Waals surface area contributed by atoms with Crippen LogP contribution in [0.2, 0.25) is 0 Å². The fourth-order valence-corrected chi connectivity index (χ4v) is 5.13. The number of nitrogens with one attached hydrogen (secondary N) is 1. The Kier molecular flexibility index (Phi) is 6.30. The van der Waals surface area contributed by atoms with Crippen molar-refractivity contribution in [2.75, 3.05) is 23.3 Å². The summed E-state index contributed by atoms with van der Waals surface area (Å²) >= 11 is 0. The van der Waals surface area contributed by atoms with E-state index in [4.69, 9.17) is 9.47 Å². The Morgan fingerprint density at radius 3 is 2.38 bits per heavy atom. The zero-order valence-electron chi connectivity index (χ0n) is 18.9. The van der Waals surface area contributed by atoms with Crippen molar-refractivity contribution in [3.8, 4) is 5.75 Å². The lowest BCUT2D eigenvalue weighted by atomic mass is 10.1. The fraction of sp³-hybridized carbons (Fsp3) is 0.200. The van der Waals surface area contributed by atoms with E-state index in [1.807, 2.05) is 13.8 Å². The van der Waals surface area contributed by atoms with E-state index in [2.05, 4.69) is 5.32 Å². The quantitative estimate of drug-likeness (QED) is 0.559.